The van der Waals surface area contributed by atoms with Gasteiger partial charge in [-0.2, -0.15) is 23.4 Å². The van der Waals surface area contributed by atoms with Crippen molar-refractivity contribution in [1.29, 1.82) is 0 Å². The zero-order valence-electron chi connectivity index (χ0n) is 21.6. The number of rotatable bonds is 6. The molecule has 0 amide bonds. The molecule has 2 fully saturated rings. The molecule has 0 unspecified atom stereocenters. The van der Waals surface area contributed by atoms with Crippen molar-refractivity contribution in [3.05, 3.63) is 48.0 Å². The lowest BCUT2D eigenvalue weighted by atomic mass is 9.89. The minimum absolute atomic E-state index is 0.0223. The zero-order valence-corrected chi connectivity index (χ0v) is 21.6. The average molecular weight is 542 g/mol. The van der Waals surface area contributed by atoms with Crippen molar-refractivity contribution in [3.8, 4) is 28.4 Å². The first-order valence-electron chi connectivity index (χ1n) is 13.2. The number of fused-ring (bicyclic) bond motifs is 1. The topological polar surface area (TPSA) is 93.5 Å². The monoisotopic (exact) mass is 541 g/mol. The Morgan fingerprint density at radius 1 is 1.10 bits per heavy atom. The summed E-state index contributed by atoms with van der Waals surface area (Å²) in [7, 11) is 1.48. The van der Waals surface area contributed by atoms with Gasteiger partial charge in [-0.3, -0.25) is 10.1 Å². The maximum Gasteiger partial charge on any atom is 0.393 e. The van der Waals surface area contributed by atoms with Crippen molar-refractivity contribution in [3.63, 3.8) is 0 Å². The minimum Gasteiger partial charge on any atom is -0.493 e. The first kappa shape index (κ1) is 25.8. The maximum absolute atomic E-state index is 13.7. The fourth-order valence-electron chi connectivity index (χ4n) is 5.81. The number of aromatic nitrogens is 6. The Labute approximate surface area is 223 Å². The lowest BCUT2D eigenvalue weighted by molar-refractivity contribution is -0.127. The molecular formula is C27H30F3N7O2. The van der Waals surface area contributed by atoms with E-state index in [2.05, 4.69) is 30.2 Å². The molecule has 0 radical (unpaired) electrons. The summed E-state index contributed by atoms with van der Waals surface area (Å²) in [6.45, 7) is 3.75. The van der Waals surface area contributed by atoms with Crippen LogP contribution in [-0.4, -0.2) is 80.3 Å². The highest BCUT2D eigenvalue weighted by molar-refractivity contribution is 5.75. The number of halogens is 3. The zero-order chi connectivity index (χ0) is 27.0. The van der Waals surface area contributed by atoms with Gasteiger partial charge >= 0.3 is 6.18 Å². The van der Waals surface area contributed by atoms with Gasteiger partial charge < -0.3 is 14.4 Å². The first-order chi connectivity index (χ1) is 18.9. The Morgan fingerprint density at radius 3 is 2.59 bits per heavy atom. The third kappa shape index (κ3) is 5.35. The molecule has 0 aliphatic carbocycles. The van der Waals surface area contributed by atoms with Gasteiger partial charge in [0.25, 0.3) is 0 Å². The smallest absolute Gasteiger partial charge is 0.393 e. The van der Waals surface area contributed by atoms with E-state index in [4.69, 9.17) is 9.47 Å². The number of H-pyrrole nitrogens is 1. The standard InChI is InChI=1S/C27H30F3N7O2/c1-38-23-12-19(15-37-26(23)32-16-33-37)24-21(13-27(28,29)30)25(35-34-24)22-3-2-18(14-31-22)17-4-8-36(9-5-17)20-6-10-39-11-7-20/h2-3,12,14-17,20H,4-11,13H2,1H3,(H,34,35). The van der Waals surface area contributed by atoms with Gasteiger partial charge in [-0.25, -0.2) is 9.50 Å². The summed E-state index contributed by atoms with van der Waals surface area (Å²) < 4.78 is 53.5. The van der Waals surface area contributed by atoms with E-state index in [1.165, 1.54) is 18.0 Å². The number of nitrogens with one attached hydrogen (secondary N) is 1. The first-order valence-corrected chi connectivity index (χ1v) is 13.2. The molecule has 2 aliphatic heterocycles. The van der Waals surface area contributed by atoms with Gasteiger partial charge in [0.05, 0.1) is 24.9 Å². The van der Waals surface area contributed by atoms with Gasteiger partial charge in [-0.15, -0.1) is 0 Å². The van der Waals surface area contributed by atoms with Crippen molar-refractivity contribution < 1.29 is 22.6 Å². The van der Waals surface area contributed by atoms with Crippen LogP contribution in [0.25, 0.3) is 28.3 Å². The number of nitrogens with zero attached hydrogens (tertiary/aromatic N) is 6. The summed E-state index contributed by atoms with van der Waals surface area (Å²) in [5.41, 5.74) is 2.87. The number of methoxy groups -OCH3 is 1. The Balaban J connectivity index is 1.26. The molecule has 4 aromatic heterocycles. The van der Waals surface area contributed by atoms with E-state index in [1.54, 1.807) is 24.5 Å². The molecule has 6 heterocycles. The second kappa shape index (κ2) is 10.6. The molecule has 0 spiro atoms. The van der Waals surface area contributed by atoms with Gasteiger partial charge in [-0.05, 0) is 62.4 Å². The molecule has 9 nitrogen and oxygen atoms in total. The SMILES string of the molecule is COc1cc(-c2[nH]nc(-c3ccc(C4CCN(C5CCOCC5)CC4)cn3)c2CC(F)(F)F)cn2ncnc12. The molecular weight excluding hydrogens is 511 g/mol. The van der Waals surface area contributed by atoms with Gasteiger partial charge in [0.15, 0.2) is 11.4 Å². The van der Waals surface area contributed by atoms with Crippen LogP contribution in [0.5, 0.6) is 5.75 Å². The summed E-state index contributed by atoms with van der Waals surface area (Å²) in [4.78, 5) is 11.3. The molecule has 0 aromatic carbocycles. The molecule has 2 aliphatic rings. The normalized spacial score (nSPS) is 18.2. The van der Waals surface area contributed by atoms with Gasteiger partial charge in [0, 0.05) is 42.8 Å². The third-order valence-electron chi connectivity index (χ3n) is 7.83. The molecule has 12 heteroatoms. The molecule has 4 aromatic rings. The molecule has 0 bridgehead atoms. The quantitative estimate of drug-likeness (QED) is 0.380. The minimum atomic E-state index is -4.44. The summed E-state index contributed by atoms with van der Waals surface area (Å²) in [5.74, 6) is 0.776. The number of piperidine rings is 1. The van der Waals surface area contributed by atoms with Crippen molar-refractivity contribution in [1.82, 2.24) is 34.7 Å². The Bertz CT molecular complexity index is 1420. The van der Waals surface area contributed by atoms with Crippen LogP contribution >= 0.6 is 0 Å². The van der Waals surface area contributed by atoms with E-state index in [1.807, 2.05) is 6.07 Å². The summed E-state index contributed by atoms with van der Waals surface area (Å²) in [5, 5.41) is 11.2. The largest absolute Gasteiger partial charge is 0.493 e. The Morgan fingerprint density at radius 2 is 1.90 bits per heavy atom. The molecule has 6 rings (SSSR count). The van der Waals surface area contributed by atoms with E-state index in [-0.39, 0.29) is 17.0 Å². The van der Waals surface area contributed by atoms with Crippen molar-refractivity contribution in [2.45, 2.75) is 50.2 Å². The number of ether oxygens (including phenoxy) is 2. The lowest BCUT2D eigenvalue weighted by Crippen LogP contribution is -2.43. The van der Waals surface area contributed by atoms with Crippen molar-refractivity contribution >= 4 is 5.65 Å². The fourth-order valence-corrected chi connectivity index (χ4v) is 5.81. The molecule has 206 valence electrons. The van der Waals surface area contributed by atoms with Crippen LogP contribution in [0.3, 0.4) is 0 Å². The van der Waals surface area contributed by atoms with Crippen LogP contribution in [-0.2, 0) is 11.2 Å². The van der Waals surface area contributed by atoms with Crippen LogP contribution in [0.2, 0.25) is 0 Å². The van der Waals surface area contributed by atoms with Gasteiger partial charge in [-0.1, -0.05) is 6.07 Å². The number of likely N-dealkylation sites (tertiary alicyclic amines) is 1. The predicted molar refractivity (Wildman–Crippen MR) is 137 cm³/mol. The highest BCUT2D eigenvalue weighted by atomic mass is 19.4. The average Bonchev–Trinajstić information content (AvgIpc) is 3.59. The van der Waals surface area contributed by atoms with E-state index in [0.717, 1.165) is 57.6 Å². The van der Waals surface area contributed by atoms with E-state index >= 15 is 0 Å². The lowest BCUT2D eigenvalue weighted by Gasteiger charge is -2.39. The highest BCUT2D eigenvalue weighted by Gasteiger charge is 2.33. The number of aromatic amines is 1. The number of hydrogen-bond donors (Lipinski definition) is 1. The van der Waals surface area contributed by atoms with Crippen LogP contribution in [0.15, 0.2) is 36.9 Å². The van der Waals surface area contributed by atoms with Crippen LogP contribution < -0.4 is 4.74 Å². The number of hydrogen-bond acceptors (Lipinski definition) is 7. The summed E-state index contributed by atoms with van der Waals surface area (Å²) in [6, 6.07) is 5.99. The second-order valence-corrected chi connectivity index (χ2v) is 10.2. The van der Waals surface area contributed by atoms with Crippen molar-refractivity contribution in [2.24, 2.45) is 0 Å². The molecule has 0 atom stereocenters. The van der Waals surface area contributed by atoms with Crippen LogP contribution in [0.1, 0.15) is 42.7 Å². The van der Waals surface area contributed by atoms with Gasteiger partial charge in [0.2, 0.25) is 0 Å². The number of alkyl halides is 3. The van der Waals surface area contributed by atoms with E-state index < -0.39 is 12.6 Å². The Kier molecular flexibility index (Phi) is 6.98. The van der Waals surface area contributed by atoms with Crippen molar-refractivity contribution in [2.75, 3.05) is 33.4 Å². The van der Waals surface area contributed by atoms with Crippen LogP contribution in [0, 0.1) is 0 Å². The highest BCUT2D eigenvalue weighted by Crippen LogP contribution is 2.37. The Hall–Kier alpha value is -3.51. The fraction of sp³-hybridized carbons (Fsp3) is 0.481. The molecule has 2 saturated heterocycles. The van der Waals surface area contributed by atoms with Gasteiger partial charge in [0.1, 0.15) is 12.0 Å². The predicted octanol–water partition coefficient (Wildman–Crippen LogP) is 4.65. The summed E-state index contributed by atoms with van der Waals surface area (Å²) >= 11 is 0. The van der Waals surface area contributed by atoms with E-state index in [0.29, 0.717) is 34.6 Å². The summed E-state index contributed by atoms with van der Waals surface area (Å²) in [6.07, 6.45) is 3.42. The molecule has 1 N–H and O–H groups in total. The van der Waals surface area contributed by atoms with E-state index in [9.17, 15) is 13.2 Å². The maximum atomic E-state index is 13.7. The van der Waals surface area contributed by atoms with Crippen LogP contribution in [0.4, 0.5) is 13.2 Å². The third-order valence-corrected chi connectivity index (χ3v) is 7.83. The number of pyridine rings is 2. The second-order valence-electron chi connectivity index (χ2n) is 10.2. The molecule has 39 heavy (non-hydrogen) atoms. The molecule has 0 saturated carbocycles.